The van der Waals surface area contributed by atoms with Crippen molar-refractivity contribution in [1.82, 2.24) is 24.1 Å². The van der Waals surface area contributed by atoms with Crippen molar-refractivity contribution < 1.29 is 21.1 Å². The maximum atomic E-state index is 4.30. The van der Waals surface area contributed by atoms with Crippen LogP contribution in [0.4, 0.5) is 0 Å². The van der Waals surface area contributed by atoms with Crippen molar-refractivity contribution in [2.24, 2.45) is 7.05 Å². The van der Waals surface area contributed by atoms with Gasteiger partial charge >= 0.3 is 21.1 Å². The molecule has 0 fully saturated rings. The number of imidazole rings is 1. The van der Waals surface area contributed by atoms with Crippen LogP contribution in [-0.4, -0.2) is 24.1 Å². The van der Waals surface area contributed by atoms with Crippen molar-refractivity contribution in [2.75, 3.05) is 0 Å². The fraction of sp³-hybridized carbons (Fsp3) is 0.100. The zero-order valence-electron chi connectivity index (χ0n) is 8.83. The van der Waals surface area contributed by atoms with Gasteiger partial charge in [-0.05, 0) is 41.4 Å². The van der Waals surface area contributed by atoms with Gasteiger partial charge in [-0.2, -0.15) is 0 Å². The first kappa shape index (κ1) is 12.5. The van der Waals surface area contributed by atoms with Crippen molar-refractivity contribution in [3.05, 3.63) is 35.3 Å². The van der Waals surface area contributed by atoms with Gasteiger partial charge in [0.25, 0.3) is 0 Å². The molecule has 3 aromatic rings. The Morgan fingerprint density at radius 1 is 1.35 bits per heavy atom. The molecule has 0 radical (unpaired) electrons. The van der Waals surface area contributed by atoms with Crippen molar-refractivity contribution in [2.45, 2.75) is 0 Å². The Bertz CT molecular complexity index is 660. The molecule has 0 aliphatic heterocycles. The molecule has 0 spiro atoms. The maximum absolute atomic E-state index is 4.30. The second-order valence-corrected chi connectivity index (χ2v) is 4.32. The number of nitrogens with zero attached hydrogens (tertiary/aromatic N) is 5. The van der Waals surface area contributed by atoms with Crippen molar-refractivity contribution in [3.8, 4) is 11.5 Å². The Kier molecular flexibility index (Phi) is 3.45. The summed E-state index contributed by atoms with van der Waals surface area (Å²) in [5, 5.41) is 7.76. The summed E-state index contributed by atoms with van der Waals surface area (Å²) in [5.74, 6) is 0.741. The maximum Gasteiger partial charge on any atom is 2.00 e. The van der Waals surface area contributed by atoms with Crippen LogP contribution in [0, 0.1) is 6.33 Å². The van der Waals surface area contributed by atoms with E-state index in [4.69, 9.17) is 0 Å². The topological polar surface area (TPSA) is 48.0 Å². The molecule has 3 heterocycles. The Morgan fingerprint density at radius 3 is 2.88 bits per heavy atom. The molecule has 0 atom stereocenters. The van der Waals surface area contributed by atoms with Gasteiger partial charge in [-0.15, -0.1) is 0 Å². The third-order valence-electron chi connectivity index (χ3n) is 2.36. The van der Waals surface area contributed by atoms with Crippen molar-refractivity contribution >= 4 is 21.6 Å². The number of aryl methyl sites for hydroxylation is 1. The van der Waals surface area contributed by atoms with Crippen molar-refractivity contribution in [3.63, 3.8) is 0 Å². The summed E-state index contributed by atoms with van der Waals surface area (Å²) in [6.45, 7) is 0. The minimum atomic E-state index is 0. The average molecular weight is 461 g/mol. The third kappa shape index (κ3) is 2.07. The van der Waals surface area contributed by atoms with Gasteiger partial charge in [-0.25, -0.2) is 10.1 Å². The van der Waals surface area contributed by atoms with Crippen molar-refractivity contribution in [1.29, 1.82) is 0 Å². The molecule has 0 bridgehead atoms. The minimum Gasteiger partial charge on any atom is -0.478 e. The van der Waals surface area contributed by atoms with E-state index >= 15 is 0 Å². The Balaban J connectivity index is 0.00000108. The molecular weight excluding hydrogens is 454 g/mol. The number of fused-ring (bicyclic) bond motifs is 1. The van der Waals surface area contributed by atoms with E-state index in [-0.39, 0.29) is 21.1 Å². The predicted octanol–water partition coefficient (Wildman–Crippen LogP) is 1.69. The molecule has 0 aliphatic carbocycles. The van der Waals surface area contributed by atoms with Crippen LogP contribution in [0.25, 0.3) is 17.2 Å². The molecule has 0 saturated carbocycles. The van der Waals surface area contributed by atoms with Gasteiger partial charge < -0.3 is 8.97 Å². The normalized spacial score (nSPS) is 10.5. The Morgan fingerprint density at radius 2 is 2.18 bits per heavy atom. The summed E-state index contributed by atoms with van der Waals surface area (Å²) < 4.78 is 4.69. The summed E-state index contributed by atoms with van der Waals surface area (Å²) in [6.07, 6.45) is 6.47. The van der Waals surface area contributed by atoms with Crippen LogP contribution in [0.5, 0.6) is 0 Å². The molecule has 0 aliphatic rings. The number of hydrogen-bond donors (Lipinski definition) is 0. The largest absolute Gasteiger partial charge is 2.00 e. The van der Waals surface area contributed by atoms with Gasteiger partial charge in [0.15, 0.2) is 0 Å². The van der Waals surface area contributed by atoms with E-state index < -0.39 is 0 Å². The molecule has 17 heavy (non-hydrogen) atoms. The first-order valence-corrected chi connectivity index (χ1v) is 5.45. The van der Waals surface area contributed by atoms with E-state index in [1.165, 1.54) is 0 Å². The van der Waals surface area contributed by atoms with Gasteiger partial charge in [-0.1, -0.05) is 0 Å². The predicted molar refractivity (Wildman–Crippen MR) is 61.7 cm³/mol. The van der Waals surface area contributed by atoms with E-state index in [1.54, 1.807) is 10.8 Å². The van der Waals surface area contributed by atoms with Gasteiger partial charge in [0.05, 0.1) is 0 Å². The van der Waals surface area contributed by atoms with Gasteiger partial charge in [0, 0.05) is 28.4 Å². The van der Waals surface area contributed by atoms with Crippen LogP contribution in [0.1, 0.15) is 0 Å². The van der Waals surface area contributed by atoms with Crippen LogP contribution in [0.3, 0.4) is 0 Å². The summed E-state index contributed by atoms with van der Waals surface area (Å²) in [4.78, 5) is 4.30. The van der Waals surface area contributed by atoms with E-state index in [2.05, 4.69) is 37.4 Å². The number of pyridine rings is 1. The summed E-state index contributed by atoms with van der Waals surface area (Å²) >= 11 is 3.43. The Labute approximate surface area is 120 Å². The zero-order valence-corrected chi connectivity index (χ0v) is 13.4. The molecule has 5 nitrogen and oxygen atoms in total. The monoisotopic (exact) mass is 460 g/mol. The summed E-state index contributed by atoms with van der Waals surface area (Å²) in [5.41, 5.74) is 1.77. The molecule has 3 rings (SSSR count). The fourth-order valence-corrected chi connectivity index (χ4v) is 1.93. The number of halogens is 1. The molecule has 0 N–H and O–H groups in total. The van der Waals surface area contributed by atoms with E-state index in [0.717, 1.165) is 21.6 Å². The molecule has 0 saturated heterocycles. The van der Waals surface area contributed by atoms with E-state index in [0.29, 0.717) is 0 Å². The smallest absolute Gasteiger partial charge is 0.478 e. The molecule has 0 unspecified atom stereocenters. The summed E-state index contributed by atoms with van der Waals surface area (Å²) in [7, 11) is 1.85. The standard InChI is InChI=1S/C10H7BrN5.W/c1-15-6-13-14-10(15)8-4-12-9-3-2-7(11)5-16(8)9;/h2-5H,1H3;/q-1;+2. The number of hydrogen-bond acceptors (Lipinski definition) is 3. The average Bonchev–Trinajstić information content (AvgIpc) is 2.83. The first-order chi connectivity index (χ1) is 7.75. The Hall–Kier alpha value is -1.00. The second kappa shape index (κ2) is 4.70. The van der Waals surface area contributed by atoms with Gasteiger partial charge in [0.1, 0.15) is 5.65 Å². The quantitative estimate of drug-likeness (QED) is 0.519. The van der Waals surface area contributed by atoms with Crippen LogP contribution < -0.4 is 0 Å². The van der Waals surface area contributed by atoms with Crippen LogP contribution >= 0.6 is 15.9 Å². The molecule has 3 aromatic heterocycles. The van der Waals surface area contributed by atoms with Gasteiger partial charge in [0.2, 0.25) is 0 Å². The molecule has 0 aromatic carbocycles. The van der Waals surface area contributed by atoms with Crippen LogP contribution in [-0.2, 0) is 28.1 Å². The first-order valence-electron chi connectivity index (χ1n) is 4.66. The van der Waals surface area contributed by atoms with E-state index in [1.807, 2.05) is 29.8 Å². The third-order valence-corrected chi connectivity index (χ3v) is 2.82. The molecule has 0 amide bonds. The molecular formula is C10H7BrN5W+. The molecule has 7 heteroatoms. The fourth-order valence-electron chi connectivity index (χ4n) is 1.59. The summed E-state index contributed by atoms with van der Waals surface area (Å²) in [6, 6.07) is 3.89. The number of rotatable bonds is 1. The van der Waals surface area contributed by atoms with E-state index in [9.17, 15) is 0 Å². The minimum absolute atomic E-state index is 0. The second-order valence-electron chi connectivity index (χ2n) is 3.40. The van der Waals surface area contributed by atoms with Gasteiger partial charge in [-0.3, -0.25) is 5.10 Å². The van der Waals surface area contributed by atoms with Crippen LogP contribution in [0.15, 0.2) is 29.0 Å². The zero-order chi connectivity index (χ0) is 11.1. The molecule has 84 valence electrons. The van der Waals surface area contributed by atoms with Crippen LogP contribution in [0.2, 0.25) is 0 Å². The SMILES string of the molecule is Cn1[c-]nnc1-c1cnc2ccc(Br)cn12.[W+2]. The number of aromatic nitrogens is 5.